The third-order valence-electron chi connectivity index (χ3n) is 4.60. The summed E-state index contributed by atoms with van der Waals surface area (Å²) in [6, 6.07) is 4.56. The van der Waals surface area contributed by atoms with Crippen LogP contribution in [0.1, 0.15) is 31.0 Å². The Hall–Kier alpha value is -1.72. The summed E-state index contributed by atoms with van der Waals surface area (Å²) in [5, 5.41) is 10.7. The molecule has 0 saturated carbocycles. The number of nitrogens with one attached hydrogen (secondary N) is 1. The summed E-state index contributed by atoms with van der Waals surface area (Å²) >= 11 is 0. The van der Waals surface area contributed by atoms with Crippen LogP contribution in [0, 0.1) is 5.82 Å². The van der Waals surface area contributed by atoms with Gasteiger partial charge in [-0.2, -0.15) is 0 Å². The third-order valence-corrected chi connectivity index (χ3v) is 4.60. The zero-order valence-corrected chi connectivity index (χ0v) is 12.7. The molecule has 2 heterocycles. The van der Waals surface area contributed by atoms with Gasteiger partial charge in [-0.1, -0.05) is 13.0 Å². The highest BCUT2D eigenvalue weighted by molar-refractivity contribution is 5.85. The van der Waals surface area contributed by atoms with Crippen molar-refractivity contribution in [3.05, 3.63) is 45.6 Å². The summed E-state index contributed by atoms with van der Waals surface area (Å²) in [6.07, 6.45) is 2.78. The molecule has 2 N–H and O–H groups in total. The van der Waals surface area contributed by atoms with Gasteiger partial charge in [0.15, 0.2) is 0 Å². The van der Waals surface area contributed by atoms with Gasteiger partial charge < -0.3 is 10.1 Å². The molecule has 1 saturated heterocycles. The number of aliphatic hydroxyl groups excluding tert-OH is 1. The number of nitrogens with zero attached hydrogens (tertiary/aromatic N) is 1. The summed E-state index contributed by atoms with van der Waals surface area (Å²) in [5.74, 6) is -0.400. The number of benzene rings is 1. The van der Waals surface area contributed by atoms with E-state index in [9.17, 15) is 14.3 Å². The first-order valence-electron chi connectivity index (χ1n) is 7.82. The number of aromatic amines is 1. The molecule has 0 aliphatic carbocycles. The smallest absolute Gasteiger partial charge is 0.256 e. The van der Waals surface area contributed by atoms with Gasteiger partial charge in [0.05, 0.1) is 12.0 Å². The maximum Gasteiger partial charge on any atom is 0.256 e. The molecule has 0 amide bonds. The van der Waals surface area contributed by atoms with E-state index in [1.54, 1.807) is 6.07 Å². The maximum absolute atomic E-state index is 13.5. The highest BCUT2D eigenvalue weighted by Gasteiger charge is 2.25. The first-order valence-corrected chi connectivity index (χ1v) is 7.82. The average Bonchev–Trinajstić information content (AvgIpc) is 2.97. The van der Waals surface area contributed by atoms with Crippen LogP contribution in [-0.4, -0.2) is 34.2 Å². The number of hydrogen-bond donors (Lipinski definition) is 2. The molecule has 3 rings (SSSR count). The highest BCUT2D eigenvalue weighted by atomic mass is 19.1. The van der Waals surface area contributed by atoms with Crippen molar-refractivity contribution in [1.82, 2.24) is 9.88 Å². The predicted molar refractivity (Wildman–Crippen MR) is 84.4 cm³/mol. The Morgan fingerprint density at radius 3 is 2.95 bits per heavy atom. The van der Waals surface area contributed by atoms with Crippen molar-refractivity contribution in [2.45, 2.75) is 38.8 Å². The lowest BCUT2D eigenvalue weighted by Crippen LogP contribution is -2.32. The van der Waals surface area contributed by atoms with Crippen molar-refractivity contribution in [2.75, 3.05) is 13.2 Å². The molecule has 1 aliphatic heterocycles. The van der Waals surface area contributed by atoms with Gasteiger partial charge in [-0.05, 0) is 48.9 Å². The number of aromatic nitrogens is 1. The van der Waals surface area contributed by atoms with E-state index in [0.717, 1.165) is 42.5 Å². The molecule has 4 nitrogen and oxygen atoms in total. The molecule has 0 radical (unpaired) electrons. The molecule has 5 heteroatoms. The number of hydrogen-bond acceptors (Lipinski definition) is 3. The van der Waals surface area contributed by atoms with Crippen molar-refractivity contribution in [1.29, 1.82) is 0 Å². The van der Waals surface area contributed by atoms with Crippen molar-refractivity contribution in [3.63, 3.8) is 0 Å². The van der Waals surface area contributed by atoms with Gasteiger partial charge >= 0.3 is 0 Å². The average molecular weight is 304 g/mol. The minimum Gasteiger partial charge on any atom is -0.395 e. The standard InChI is InChI=1S/C17H21FN2O2/c1-2-16-15(9-20-7-3-4-12(20)10-21)13-6-5-11(18)8-14(13)17(22)19-16/h5-6,8,12,21H,2-4,7,9-10H2,1H3,(H,19,22)/t12-/m0/s1. The number of pyridine rings is 1. The molecule has 1 fully saturated rings. The fourth-order valence-corrected chi connectivity index (χ4v) is 3.41. The number of likely N-dealkylation sites (tertiary alicyclic amines) is 1. The largest absolute Gasteiger partial charge is 0.395 e. The van der Waals surface area contributed by atoms with Gasteiger partial charge in [0.2, 0.25) is 0 Å². The van der Waals surface area contributed by atoms with Crippen molar-refractivity contribution >= 4 is 10.8 Å². The number of rotatable bonds is 4. The van der Waals surface area contributed by atoms with E-state index in [1.807, 2.05) is 6.92 Å². The van der Waals surface area contributed by atoms with E-state index in [1.165, 1.54) is 12.1 Å². The summed E-state index contributed by atoms with van der Waals surface area (Å²) in [4.78, 5) is 17.3. The lowest BCUT2D eigenvalue weighted by molar-refractivity contribution is 0.153. The highest BCUT2D eigenvalue weighted by Crippen LogP contribution is 2.25. The first-order chi connectivity index (χ1) is 10.6. The minimum absolute atomic E-state index is 0.150. The molecule has 2 aromatic rings. The zero-order valence-electron chi connectivity index (χ0n) is 12.7. The van der Waals surface area contributed by atoms with Crippen LogP contribution in [0.15, 0.2) is 23.0 Å². The molecular weight excluding hydrogens is 283 g/mol. The van der Waals surface area contributed by atoms with Crippen molar-refractivity contribution < 1.29 is 9.50 Å². The number of halogens is 1. The molecule has 118 valence electrons. The maximum atomic E-state index is 13.5. The molecule has 0 spiro atoms. The Morgan fingerprint density at radius 2 is 2.23 bits per heavy atom. The molecular formula is C17H21FN2O2. The van der Waals surface area contributed by atoms with E-state index in [0.29, 0.717) is 11.9 Å². The number of H-pyrrole nitrogens is 1. The Labute approximate surface area is 128 Å². The number of aryl methyl sites for hydroxylation is 1. The van der Waals surface area contributed by atoms with Crippen molar-refractivity contribution in [3.8, 4) is 0 Å². The minimum atomic E-state index is -0.400. The van der Waals surface area contributed by atoms with Gasteiger partial charge in [-0.15, -0.1) is 0 Å². The Kier molecular flexibility index (Phi) is 4.27. The van der Waals surface area contributed by atoms with Crippen LogP contribution in [0.4, 0.5) is 4.39 Å². The summed E-state index contributed by atoms with van der Waals surface area (Å²) < 4.78 is 13.5. The van der Waals surface area contributed by atoms with Gasteiger partial charge in [-0.3, -0.25) is 9.69 Å². The monoisotopic (exact) mass is 304 g/mol. The van der Waals surface area contributed by atoms with E-state index >= 15 is 0 Å². The lowest BCUT2D eigenvalue weighted by Gasteiger charge is -2.24. The second kappa shape index (κ2) is 6.18. The van der Waals surface area contributed by atoms with Gasteiger partial charge in [0.25, 0.3) is 5.56 Å². The molecule has 0 unspecified atom stereocenters. The summed E-state index contributed by atoms with van der Waals surface area (Å²) in [5.41, 5.74) is 1.69. The normalized spacial score (nSPS) is 19.1. The van der Waals surface area contributed by atoms with E-state index in [4.69, 9.17) is 0 Å². The second-order valence-corrected chi connectivity index (χ2v) is 5.90. The molecule has 1 atom stereocenters. The lowest BCUT2D eigenvalue weighted by atomic mass is 10.0. The van der Waals surface area contributed by atoms with Crippen molar-refractivity contribution in [2.24, 2.45) is 0 Å². The second-order valence-electron chi connectivity index (χ2n) is 5.90. The molecule has 22 heavy (non-hydrogen) atoms. The topological polar surface area (TPSA) is 56.3 Å². The van der Waals surface area contributed by atoms with Crippen LogP contribution in [0.3, 0.4) is 0 Å². The fraction of sp³-hybridized carbons (Fsp3) is 0.471. The SMILES string of the molecule is CCc1[nH]c(=O)c2cc(F)ccc2c1CN1CCC[C@H]1CO. The van der Waals surface area contributed by atoms with Crippen LogP contribution >= 0.6 is 0 Å². The first kappa shape index (κ1) is 15.2. The predicted octanol–water partition coefficient (Wildman–Crippen LogP) is 2.19. The van der Waals surface area contributed by atoms with Crippen LogP contribution in [-0.2, 0) is 13.0 Å². The van der Waals surface area contributed by atoms with Gasteiger partial charge in [0, 0.05) is 18.3 Å². The Balaban J connectivity index is 2.10. The molecule has 1 aliphatic rings. The van der Waals surface area contributed by atoms with E-state index in [2.05, 4.69) is 9.88 Å². The molecule has 1 aromatic heterocycles. The summed E-state index contributed by atoms with van der Waals surface area (Å²) in [6.45, 7) is 3.76. The van der Waals surface area contributed by atoms with E-state index < -0.39 is 5.82 Å². The number of fused-ring (bicyclic) bond motifs is 1. The Bertz CT molecular complexity index is 741. The van der Waals surface area contributed by atoms with Gasteiger partial charge in [-0.25, -0.2) is 4.39 Å². The zero-order chi connectivity index (χ0) is 15.7. The third kappa shape index (κ3) is 2.66. The van der Waals surface area contributed by atoms with Crippen LogP contribution in [0.2, 0.25) is 0 Å². The van der Waals surface area contributed by atoms with Crippen LogP contribution < -0.4 is 5.56 Å². The number of aliphatic hydroxyl groups is 1. The van der Waals surface area contributed by atoms with Crippen LogP contribution in [0.25, 0.3) is 10.8 Å². The Morgan fingerprint density at radius 1 is 1.41 bits per heavy atom. The van der Waals surface area contributed by atoms with Gasteiger partial charge in [0.1, 0.15) is 5.82 Å². The quantitative estimate of drug-likeness (QED) is 0.910. The molecule has 1 aromatic carbocycles. The summed E-state index contributed by atoms with van der Waals surface area (Å²) in [7, 11) is 0. The molecule has 0 bridgehead atoms. The van der Waals surface area contributed by atoms with Crippen LogP contribution in [0.5, 0.6) is 0 Å². The fourth-order valence-electron chi connectivity index (χ4n) is 3.41. The van der Waals surface area contributed by atoms with E-state index in [-0.39, 0.29) is 18.2 Å².